The van der Waals surface area contributed by atoms with Gasteiger partial charge in [-0.25, -0.2) is 10.8 Å². The maximum absolute atomic E-state index is 5.36. The van der Waals surface area contributed by atoms with E-state index in [0.717, 1.165) is 22.8 Å². The molecule has 1 aromatic heterocycles. The van der Waals surface area contributed by atoms with Gasteiger partial charge in [0.1, 0.15) is 0 Å². The van der Waals surface area contributed by atoms with Crippen molar-refractivity contribution in [3.8, 4) is 11.3 Å². The average Bonchev–Trinajstić information content (AvgIpc) is 2.73. The Bertz CT molecular complexity index is 436. The predicted octanol–water partition coefficient (Wildman–Crippen LogP) is 2.66. The Balaban J connectivity index is 2.47. The van der Waals surface area contributed by atoms with E-state index in [0.29, 0.717) is 0 Å². The van der Waals surface area contributed by atoms with Gasteiger partial charge in [0, 0.05) is 10.4 Å². The van der Waals surface area contributed by atoms with E-state index in [2.05, 4.69) is 29.5 Å². The van der Waals surface area contributed by atoms with Crippen molar-refractivity contribution in [2.75, 3.05) is 5.43 Å². The molecule has 3 N–H and O–H groups in total. The van der Waals surface area contributed by atoms with E-state index in [-0.39, 0.29) is 0 Å². The third-order valence-electron chi connectivity index (χ3n) is 2.19. The standard InChI is InChI=1S/C11H13N3S/c1-2-9-10(13-11(14-12)15-9)8-6-4-3-5-7-8/h3-7H,2,12H2,1H3,(H,13,14). The second-order valence-electron chi connectivity index (χ2n) is 3.15. The molecule has 1 heterocycles. The number of hydrogen-bond acceptors (Lipinski definition) is 4. The lowest BCUT2D eigenvalue weighted by molar-refractivity contribution is 1.17. The second kappa shape index (κ2) is 4.42. The van der Waals surface area contributed by atoms with E-state index in [1.165, 1.54) is 4.88 Å². The average molecular weight is 219 g/mol. The van der Waals surface area contributed by atoms with E-state index in [1.54, 1.807) is 11.3 Å². The minimum atomic E-state index is 0.769. The molecule has 0 saturated heterocycles. The molecule has 3 nitrogen and oxygen atoms in total. The van der Waals surface area contributed by atoms with Gasteiger partial charge in [-0.15, -0.1) is 11.3 Å². The van der Waals surface area contributed by atoms with Gasteiger partial charge in [0.05, 0.1) is 5.69 Å². The van der Waals surface area contributed by atoms with Gasteiger partial charge in [-0.3, -0.25) is 5.43 Å². The summed E-state index contributed by atoms with van der Waals surface area (Å²) in [6, 6.07) is 10.2. The molecule has 4 heteroatoms. The molecule has 0 atom stereocenters. The van der Waals surface area contributed by atoms with Crippen LogP contribution in [0.15, 0.2) is 30.3 Å². The number of hydrazine groups is 1. The third-order valence-corrected chi connectivity index (χ3v) is 3.32. The number of anilines is 1. The number of nitrogens with one attached hydrogen (secondary N) is 1. The van der Waals surface area contributed by atoms with Crippen molar-refractivity contribution >= 4 is 16.5 Å². The van der Waals surface area contributed by atoms with Crippen molar-refractivity contribution < 1.29 is 0 Å². The highest BCUT2D eigenvalue weighted by molar-refractivity contribution is 7.16. The van der Waals surface area contributed by atoms with Gasteiger partial charge in [-0.1, -0.05) is 37.3 Å². The molecule has 15 heavy (non-hydrogen) atoms. The number of nitrogens with two attached hydrogens (primary N) is 1. The van der Waals surface area contributed by atoms with E-state index in [9.17, 15) is 0 Å². The highest BCUT2D eigenvalue weighted by Crippen LogP contribution is 2.30. The SMILES string of the molecule is CCc1sc(NN)nc1-c1ccccc1. The highest BCUT2D eigenvalue weighted by Gasteiger charge is 2.10. The fourth-order valence-electron chi connectivity index (χ4n) is 1.47. The Hall–Kier alpha value is -1.39. The van der Waals surface area contributed by atoms with Crippen LogP contribution in [0.2, 0.25) is 0 Å². The molecule has 0 fully saturated rings. The number of rotatable bonds is 3. The molecule has 2 aromatic rings. The highest BCUT2D eigenvalue weighted by atomic mass is 32.1. The first kappa shape index (κ1) is 10.1. The lowest BCUT2D eigenvalue weighted by atomic mass is 10.1. The van der Waals surface area contributed by atoms with E-state index in [4.69, 9.17) is 5.84 Å². The predicted molar refractivity (Wildman–Crippen MR) is 64.7 cm³/mol. The molecule has 0 aliphatic carbocycles. The molecule has 0 spiro atoms. The van der Waals surface area contributed by atoms with E-state index < -0.39 is 0 Å². The van der Waals surface area contributed by atoms with Crippen molar-refractivity contribution in [1.82, 2.24) is 4.98 Å². The van der Waals surface area contributed by atoms with Crippen LogP contribution in [0, 0.1) is 0 Å². The molecule has 0 saturated carbocycles. The topological polar surface area (TPSA) is 50.9 Å². The first-order chi connectivity index (χ1) is 7.35. The fourth-order valence-corrected chi connectivity index (χ4v) is 2.31. The van der Waals surface area contributed by atoms with Crippen molar-refractivity contribution in [3.63, 3.8) is 0 Å². The maximum atomic E-state index is 5.36. The third kappa shape index (κ3) is 2.00. The summed E-state index contributed by atoms with van der Waals surface area (Å²) in [5.41, 5.74) is 4.78. The van der Waals surface area contributed by atoms with Gasteiger partial charge in [0.2, 0.25) is 0 Å². The molecular weight excluding hydrogens is 206 g/mol. The quantitative estimate of drug-likeness (QED) is 0.616. The Labute approximate surface area is 92.9 Å². The summed E-state index contributed by atoms with van der Waals surface area (Å²) >= 11 is 1.61. The lowest BCUT2D eigenvalue weighted by Gasteiger charge is -1.98. The summed E-state index contributed by atoms with van der Waals surface area (Å²) in [5, 5.41) is 0.769. The molecule has 0 aliphatic rings. The second-order valence-corrected chi connectivity index (χ2v) is 4.24. The van der Waals surface area contributed by atoms with Crippen LogP contribution in [0.4, 0.5) is 5.13 Å². The molecule has 0 aliphatic heterocycles. The van der Waals surface area contributed by atoms with Gasteiger partial charge in [-0.05, 0) is 6.42 Å². The van der Waals surface area contributed by atoms with Crippen LogP contribution in [-0.4, -0.2) is 4.98 Å². The molecule has 2 rings (SSSR count). The lowest BCUT2D eigenvalue weighted by Crippen LogP contribution is -2.05. The molecule has 0 radical (unpaired) electrons. The summed E-state index contributed by atoms with van der Waals surface area (Å²) in [6.07, 6.45) is 0.976. The zero-order valence-electron chi connectivity index (χ0n) is 8.53. The van der Waals surface area contributed by atoms with Crippen molar-refractivity contribution in [1.29, 1.82) is 0 Å². The zero-order chi connectivity index (χ0) is 10.7. The summed E-state index contributed by atoms with van der Waals surface area (Å²) in [7, 11) is 0. The van der Waals surface area contributed by atoms with E-state index >= 15 is 0 Å². The van der Waals surface area contributed by atoms with Gasteiger partial charge in [-0.2, -0.15) is 0 Å². The summed E-state index contributed by atoms with van der Waals surface area (Å²) in [4.78, 5) is 5.71. The number of nitrogen functional groups attached to an aromatic ring is 1. The largest absolute Gasteiger partial charge is 0.300 e. The number of benzene rings is 1. The van der Waals surface area contributed by atoms with Crippen LogP contribution in [-0.2, 0) is 6.42 Å². The van der Waals surface area contributed by atoms with Gasteiger partial charge < -0.3 is 0 Å². The minimum Gasteiger partial charge on any atom is -0.300 e. The molecule has 0 bridgehead atoms. The van der Waals surface area contributed by atoms with Gasteiger partial charge in [0.15, 0.2) is 5.13 Å². The summed E-state index contributed by atoms with van der Waals surface area (Å²) < 4.78 is 0. The Kier molecular flexibility index (Phi) is 2.99. The van der Waals surface area contributed by atoms with Crippen LogP contribution >= 0.6 is 11.3 Å². The fraction of sp³-hybridized carbons (Fsp3) is 0.182. The molecule has 1 aromatic carbocycles. The Morgan fingerprint density at radius 3 is 2.67 bits per heavy atom. The number of aryl methyl sites for hydroxylation is 1. The zero-order valence-corrected chi connectivity index (χ0v) is 9.34. The van der Waals surface area contributed by atoms with Crippen molar-refractivity contribution in [3.05, 3.63) is 35.2 Å². The summed E-state index contributed by atoms with van der Waals surface area (Å²) in [5.74, 6) is 5.36. The van der Waals surface area contributed by atoms with Gasteiger partial charge in [0.25, 0.3) is 0 Å². The van der Waals surface area contributed by atoms with Crippen LogP contribution in [0.3, 0.4) is 0 Å². The number of nitrogens with zero attached hydrogens (tertiary/aromatic N) is 1. The first-order valence-corrected chi connectivity index (χ1v) is 5.68. The Morgan fingerprint density at radius 1 is 1.33 bits per heavy atom. The van der Waals surface area contributed by atoms with Crippen molar-refractivity contribution in [2.45, 2.75) is 13.3 Å². The summed E-state index contributed by atoms with van der Waals surface area (Å²) in [6.45, 7) is 2.13. The number of thiazole rings is 1. The smallest absolute Gasteiger partial charge is 0.197 e. The van der Waals surface area contributed by atoms with Crippen LogP contribution < -0.4 is 11.3 Å². The first-order valence-electron chi connectivity index (χ1n) is 4.87. The van der Waals surface area contributed by atoms with Crippen LogP contribution in [0.1, 0.15) is 11.8 Å². The number of aromatic nitrogens is 1. The maximum Gasteiger partial charge on any atom is 0.197 e. The van der Waals surface area contributed by atoms with E-state index in [1.807, 2.05) is 18.2 Å². The molecule has 0 amide bonds. The monoisotopic (exact) mass is 219 g/mol. The normalized spacial score (nSPS) is 10.3. The molecule has 78 valence electrons. The minimum absolute atomic E-state index is 0.769. The van der Waals surface area contributed by atoms with Gasteiger partial charge >= 0.3 is 0 Å². The molecule has 0 unspecified atom stereocenters. The number of hydrogen-bond donors (Lipinski definition) is 2. The Morgan fingerprint density at radius 2 is 2.07 bits per heavy atom. The molecular formula is C11H13N3S. The van der Waals surface area contributed by atoms with Crippen LogP contribution in [0.25, 0.3) is 11.3 Å². The van der Waals surface area contributed by atoms with Crippen LogP contribution in [0.5, 0.6) is 0 Å². The van der Waals surface area contributed by atoms with Crippen molar-refractivity contribution in [2.24, 2.45) is 5.84 Å².